The Labute approximate surface area is 201 Å². The minimum absolute atomic E-state index is 0.221. The van der Waals surface area contributed by atoms with E-state index in [1.807, 2.05) is 49.8 Å². The maximum Gasteiger partial charge on any atom is 0.281 e. The third kappa shape index (κ3) is 3.35. The van der Waals surface area contributed by atoms with Crippen molar-refractivity contribution in [3.63, 3.8) is 0 Å². The highest BCUT2D eigenvalue weighted by atomic mass is 16.1. The Hall–Kier alpha value is -4.25. The van der Waals surface area contributed by atoms with Gasteiger partial charge in [0, 0.05) is 54.7 Å². The first-order chi connectivity index (χ1) is 17.1. The smallest absolute Gasteiger partial charge is 0.281 e. The van der Waals surface area contributed by atoms with E-state index in [-0.39, 0.29) is 5.56 Å². The Bertz CT molecular complexity index is 1720. The quantitative estimate of drug-likeness (QED) is 0.389. The van der Waals surface area contributed by atoms with Crippen LogP contribution in [0.25, 0.3) is 38.8 Å². The predicted octanol–water partition coefficient (Wildman–Crippen LogP) is 4.29. The lowest BCUT2D eigenvalue weighted by Crippen LogP contribution is -2.24. The van der Waals surface area contributed by atoms with Crippen LogP contribution in [0.1, 0.15) is 42.9 Å². The molecule has 2 aliphatic carbocycles. The van der Waals surface area contributed by atoms with Gasteiger partial charge in [-0.25, -0.2) is 0 Å². The zero-order valence-corrected chi connectivity index (χ0v) is 19.3. The highest BCUT2D eigenvalue weighted by molar-refractivity contribution is 5.95. The molecule has 0 saturated heterocycles. The van der Waals surface area contributed by atoms with Crippen molar-refractivity contribution in [3.05, 3.63) is 70.5 Å². The molecule has 4 aromatic heterocycles. The van der Waals surface area contributed by atoms with E-state index in [0.29, 0.717) is 34.2 Å². The Morgan fingerprint density at radius 3 is 2.66 bits per heavy atom. The molecule has 2 fully saturated rings. The fraction of sp³-hybridized carbons (Fsp3) is 0.296. The van der Waals surface area contributed by atoms with E-state index in [1.165, 1.54) is 30.4 Å². The van der Waals surface area contributed by atoms with Crippen molar-refractivity contribution in [2.45, 2.75) is 38.1 Å². The summed E-state index contributed by atoms with van der Waals surface area (Å²) in [6.45, 7) is 0.783. The van der Waals surface area contributed by atoms with Gasteiger partial charge in [-0.1, -0.05) is 6.07 Å². The molecular formula is C27H23N7O. The van der Waals surface area contributed by atoms with Gasteiger partial charge in [-0.15, -0.1) is 0 Å². The molecule has 0 aliphatic heterocycles. The summed E-state index contributed by atoms with van der Waals surface area (Å²) < 4.78 is 5.22. The molecule has 0 atom stereocenters. The van der Waals surface area contributed by atoms with Gasteiger partial charge in [0.2, 0.25) is 0 Å². The topological polar surface area (TPSA) is 94.3 Å². The van der Waals surface area contributed by atoms with E-state index in [2.05, 4.69) is 20.7 Å². The lowest BCUT2D eigenvalue weighted by Gasteiger charge is -2.12. The second kappa shape index (κ2) is 7.37. The van der Waals surface area contributed by atoms with Crippen molar-refractivity contribution in [2.24, 2.45) is 13.0 Å². The van der Waals surface area contributed by atoms with E-state index in [4.69, 9.17) is 5.10 Å². The maximum absolute atomic E-state index is 14.1. The predicted molar refractivity (Wildman–Crippen MR) is 132 cm³/mol. The van der Waals surface area contributed by atoms with Crippen LogP contribution in [0.15, 0.2) is 53.7 Å². The number of nitrogens with zero attached hydrogens (tertiary/aromatic N) is 7. The van der Waals surface area contributed by atoms with Gasteiger partial charge < -0.3 is 4.57 Å². The molecule has 2 aliphatic rings. The molecule has 0 amide bonds. The van der Waals surface area contributed by atoms with Crippen LogP contribution in [0, 0.1) is 17.2 Å². The molecule has 35 heavy (non-hydrogen) atoms. The summed E-state index contributed by atoms with van der Waals surface area (Å²) in [5.41, 5.74) is 5.37. The molecule has 1 aromatic carbocycles. The van der Waals surface area contributed by atoms with E-state index in [0.717, 1.165) is 34.2 Å². The van der Waals surface area contributed by atoms with E-state index in [9.17, 15) is 10.1 Å². The van der Waals surface area contributed by atoms with Crippen LogP contribution >= 0.6 is 0 Å². The van der Waals surface area contributed by atoms with Crippen molar-refractivity contribution in [1.29, 1.82) is 5.26 Å². The number of fused-ring (bicyclic) bond motifs is 2. The summed E-state index contributed by atoms with van der Waals surface area (Å²) in [4.78, 5) is 18.8. The minimum atomic E-state index is -0.221. The lowest BCUT2D eigenvalue weighted by molar-refractivity contribution is 0.646. The molecule has 0 N–H and O–H groups in total. The summed E-state index contributed by atoms with van der Waals surface area (Å²) in [6.07, 6.45) is 10.3. The largest absolute Gasteiger partial charge is 0.344 e. The average Bonchev–Trinajstić information content (AvgIpc) is 3.79. The molecule has 0 radical (unpaired) electrons. The van der Waals surface area contributed by atoms with Crippen LogP contribution in [-0.2, 0) is 13.6 Å². The first-order valence-electron chi connectivity index (χ1n) is 12.1. The van der Waals surface area contributed by atoms with Gasteiger partial charge >= 0.3 is 0 Å². The highest BCUT2D eigenvalue weighted by Crippen LogP contribution is 2.40. The van der Waals surface area contributed by atoms with Crippen LogP contribution in [0.3, 0.4) is 0 Å². The minimum Gasteiger partial charge on any atom is -0.344 e. The second-order valence-electron chi connectivity index (χ2n) is 9.83. The van der Waals surface area contributed by atoms with Crippen molar-refractivity contribution in [1.82, 2.24) is 29.1 Å². The van der Waals surface area contributed by atoms with Crippen molar-refractivity contribution in [2.75, 3.05) is 0 Å². The Morgan fingerprint density at radius 2 is 1.94 bits per heavy atom. The molecule has 8 heteroatoms. The van der Waals surface area contributed by atoms with Crippen LogP contribution in [-0.4, -0.2) is 29.1 Å². The molecule has 172 valence electrons. The van der Waals surface area contributed by atoms with E-state index >= 15 is 0 Å². The molecule has 2 saturated carbocycles. The average molecular weight is 462 g/mol. The van der Waals surface area contributed by atoms with Gasteiger partial charge in [0.15, 0.2) is 0 Å². The first-order valence-corrected chi connectivity index (χ1v) is 12.1. The number of pyridine rings is 1. The number of nitriles is 1. The number of hydrogen-bond acceptors (Lipinski definition) is 5. The number of benzene rings is 1. The number of aromatic nitrogens is 6. The third-order valence-electron chi connectivity index (χ3n) is 7.08. The number of hydrogen-bond donors (Lipinski definition) is 0. The Kier molecular flexibility index (Phi) is 4.25. The SMILES string of the molecule is Cn1cc2cc(-n3nc4c(C#N)cn(CC5CC5)c4c(-c4ccc(C5CC5)nc4)c3=O)ccc2n1. The fourth-order valence-corrected chi connectivity index (χ4v) is 4.94. The van der Waals surface area contributed by atoms with Crippen molar-refractivity contribution >= 4 is 21.9 Å². The van der Waals surface area contributed by atoms with Gasteiger partial charge in [0.05, 0.1) is 27.8 Å². The van der Waals surface area contributed by atoms with Crippen molar-refractivity contribution < 1.29 is 0 Å². The summed E-state index contributed by atoms with van der Waals surface area (Å²) in [5, 5.41) is 20.0. The van der Waals surface area contributed by atoms with Gasteiger partial charge in [-0.2, -0.15) is 20.1 Å². The molecule has 4 heterocycles. The monoisotopic (exact) mass is 461 g/mol. The summed E-state index contributed by atoms with van der Waals surface area (Å²) in [6, 6.07) is 12.0. The first kappa shape index (κ1) is 20.2. The molecule has 8 nitrogen and oxygen atoms in total. The van der Waals surface area contributed by atoms with Gasteiger partial charge in [-0.05, 0) is 55.9 Å². The summed E-state index contributed by atoms with van der Waals surface area (Å²) >= 11 is 0. The van der Waals surface area contributed by atoms with Crippen LogP contribution < -0.4 is 5.56 Å². The second-order valence-corrected chi connectivity index (χ2v) is 9.83. The Morgan fingerprint density at radius 1 is 1.09 bits per heavy atom. The van der Waals surface area contributed by atoms with Crippen LogP contribution in [0.2, 0.25) is 0 Å². The van der Waals surface area contributed by atoms with Gasteiger partial charge in [0.25, 0.3) is 5.56 Å². The molecule has 0 unspecified atom stereocenters. The highest BCUT2D eigenvalue weighted by Gasteiger charge is 2.28. The zero-order chi connectivity index (χ0) is 23.7. The molecular weight excluding hydrogens is 438 g/mol. The Balaban J connectivity index is 1.50. The van der Waals surface area contributed by atoms with Gasteiger partial charge in [-0.3, -0.25) is 14.5 Å². The maximum atomic E-state index is 14.1. The molecule has 0 spiro atoms. The fourth-order valence-electron chi connectivity index (χ4n) is 4.94. The number of rotatable bonds is 5. The third-order valence-corrected chi connectivity index (χ3v) is 7.08. The summed E-state index contributed by atoms with van der Waals surface area (Å²) in [5.74, 6) is 1.11. The standard InChI is InChI=1S/C27H23N7O/c1-32-14-19-10-21(7-9-23(19)30-32)34-27(35)24(18-6-8-22(29-12-18)17-4-5-17)26-25(31-34)20(11-28)15-33(26)13-16-2-3-16/h6-10,12,14-17H,2-5,13H2,1H3. The van der Waals surface area contributed by atoms with Gasteiger partial charge in [0.1, 0.15) is 11.6 Å². The van der Waals surface area contributed by atoms with E-state index < -0.39 is 0 Å². The van der Waals surface area contributed by atoms with E-state index in [1.54, 1.807) is 10.9 Å². The lowest BCUT2D eigenvalue weighted by atomic mass is 10.1. The van der Waals surface area contributed by atoms with Crippen LogP contribution in [0.4, 0.5) is 0 Å². The molecule has 7 rings (SSSR count). The molecule has 5 aromatic rings. The number of aryl methyl sites for hydroxylation is 1. The summed E-state index contributed by atoms with van der Waals surface area (Å²) in [7, 11) is 1.87. The molecule has 0 bridgehead atoms. The van der Waals surface area contributed by atoms with Crippen LogP contribution in [0.5, 0.6) is 0 Å². The van der Waals surface area contributed by atoms with Crippen molar-refractivity contribution in [3.8, 4) is 22.9 Å². The normalized spacial score (nSPS) is 15.7. The zero-order valence-electron chi connectivity index (χ0n) is 19.3.